The summed E-state index contributed by atoms with van der Waals surface area (Å²) in [6.45, 7) is 22.9. The Morgan fingerprint density at radius 2 is 1.01 bits per heavy atom. The van der Waals surface area contributed by atoms with Gasteiger partial charge in [0, 0.05) is 61.5 Å². The summed E-state index contributed by atoms with van der Waals surface area (Å²) in [6.07, 6.45) is -29.3. The van der Waals surface area contributed by atoms with Crippen LogP contribution in [0.5, 0.6) is 0 Å². The first-order valence-corrected chi connectivity index (χ1v) is 48.3. The Bertz CT molecular complexity index is 3990. The fraction of sp³-hybridized carbons (Fsp3) is 0.835. The molecule has 6 N–H and O–H groups in total. The Morgan fingerprint density at radius 3 is 1.50 bits per heavy atom. The van der Waals surface area contributed by atoms with Gasteiger partial charge in [-0.2, -0.15) is 0 Å². The van der Waals surface area contributed by atoms with Crippen molar-refractivity contribution in [2.24, 2.45) is 52.5 Å². The number of carbonyl (C=O) groups excluding carboxylic acids is 8. The van der Waals surface area contributed by atoms with Gasteiger partial charge in [-0.05, 0) is 80.4 Å². The third-order valence-corrected chi connectivity index (χ3v) is 26.6. The Morgan fingerprint density at radius 1 is 0.556 bits per heavy atom. The summed E-state index contributed by atoms with van der Waals surface area (Å²) in [4.78, 5) is 112. The highest BCUT2D eigenvalue weighted by Crippen LogP contribution is 2.47. The van der Waals surface area contributed by atoms with Crippen LogP contribution in [0.3, 0.4) is 0 Å². The summed E-state index contributed by atoms with van der Waals surface area (Å²) in [5, 5.41) is 38.5. The van der Waals surface area contributed by atoms with E-state index in [1.54, 1.807) is 85.7 Å². The molecule has 8 aliphatic rings. The van der Waals surface area contributed by atoms with Crippen molar-refractivity contribution in [3.63, 3.8) is 0 Å². The van der Waals surface area contributed by atoms with Crippen LogP contribution in [0, 0.1) is 47.3 Å². The van der Waals surface area contributed by atoms with Crippen LogP contribution in [-0.4, -0.2) is 295 Å². The molecule has 8 aliphatic heterocycles. The van der Waals surface area contributed by atoms with E-state index >= 15 is 0 Å². The number of fused-ring (bicyclic) bond motifs is 1. The summed E-state index contributed by atoms with van der Waals surface area (Å²) in [5.74, 6) is -11.5. The molecule has 0 aromatic heterocycles. The van der Waals surface area contributed by atoms with Crippen molar-refractivity contribution in [1.82, 2.24) is 21.3 Å². The molecule has 0 spiro atoms. The number of benzene rings is 1. The van der Waals surface area contributed by atoms with Crippen molar-refractivity contribution in [3.8, 4) is 0 Å². The summed E-state index contributed by atoms with van der Waals surface area (Å²) in [7, 11) is 1.08. The zero-order valence-electron chi connectivity index (χ0n) is 76.8. The van der Waals surface area contributed by atoms with Crippen molar-refractivity contribution in [3.05, 3.63) is 46.3 Å². The van der Waals surface area contributed by atoms with Crippen LogP contribution in [0.25, 0.3) is 10.4 Å². The van der Waals surface area contributed by atoms with Gasteiger partial charge in [0.15, 0.2) is 49.9 Å². The molecule has 9 rings (SSSR count). The van der Waals surface area contributed by atoms with Crippen molar-refractivity contribution in [1.29, 1.82) is 0 Å². The maximum Gasteiger partial charge on any atom is 0.407 e. The smallest absolute Gasteiger partial charge is 0.407 e. The lowest BCUT2D eigenvalue weighted by Crippen LogP contribution is -2.66. The first kappa shape index (κ1) is 112. The number of unbranched alkanes of at least 4 members (excludes halogenated alkanes) is 2. The summed E-state index contributed by atoms with van der Waals surface area (Å²) < 4.78 is 135. The second kappa shape index (κ2) is 50.7. The fourth-order valence-corrected chi connectivity index (χ4v) is 18.6. The van der Waals surface area contributed by atoms with Gasteiger partial charge >= 0.3 is 48.3 Å². The first-order valence-electron chi connectivity index (χ1n) is 44.9. The molecule has 13 unspecified atom stereocenters. The number of aliphatic hydroxyl groups is 2. The third kappa shape index (κ3) is 30.0. The number of carbonyl (C=O) groups is 8. The minimum atomic E-state index is -2.45. The largest absolute Gasteiger partial charge is 0.465 e. The predicted molar refractivity (Wildman–Crippen MR) is 478 cm³/mol. The van der Waals surface area contributed by atoms with Gasteiger partial charge in [0.1, 0.15) is 56.4 Å². The van der Waals surface area contributed by atoms with Crippen molar-refractivity contribution in [2.45, 2.75) is 344 Å². The molecule has 1 aromatic rings. The molecule has 0 saturated carbocycles. The van der Waals surface area contributed by atoms with Crippen molar-refractivity contribution >= 4 is 153 Å². The molecule has 8 saturated heterocycles. The molecule has 1 aromatic carbocycles. The number of nitrogens with zero attached hydrogens (tertiary/aromatic N) is 3. The van der Waals surface area contributed by atoms with Crippen molar-refractivity contribution < 1.29 is 153 Å². The van der Waals surface area contributed by atoms with Gasteiger partial charge in [-0.25, -0.2) is 28.8 Å². The molecule has 133 heavy (non-hydrogen) atoms. The van der Waals surface area contributed by atoms with Crippen molar-refractivity contribution in [2.75, 3.05) is 53.3 Å². The molecular formula is C85H126Cl9N7O32. The van der Waals surface area contributed by atoms with Crippen LogP contribution >= 0.6 is 104 Å². The van der Waals surface area contributed by atoms with E-state index in [-0.39, 0.29) is 43.9 Å². The molecule has 8 fully saturated rings. The van der Waals surface area contributed by atoms with Crippen LogP contribution in [0.15, 0.2) is 35.4 Å². The normalized spacial score (nSPS) is 36.9. The van der Waals surface area contributed by atoms with Gasteiger partial charge in [0.2, 0.25) is 11.4 Å². The highest BCUT2D eigenvalue weighted by atomic mass is 35.6. The quantitative estimate of drug-likeness (QED) is 0.00678. The number of aliphatic hydroxyl groups excluding tert-OH is 2. The number of rotatable bonds is 39. The third-order valence-electron chi connectivity index (χ3n) is 25.6. The topological polar surface area (TPSA) is 477 Å². The van der Waals surface area contributed by atoms with Crippen LogP contribution in [0.1, 0.15) is 172 Å². The molecule has 8 heterocycles. The number of hydrogen-bond donors (Lipinski definition) is 6. The molecular weight excluding hydrogens is 1950 g/mol. The van der Waals surface area contributed by atoms with Crippen LogP contribution in [0.2, 0.25) is 0 Å². The van der Waals surface area contributed by atoms with Gasteiger partial charge in [-0.1, -0.05) is 224 Å². The number of ether oxygens (including phenoxy) is 22. The van der Waals surface area contributed by atoms with E-state index in [4.69, 9.17) is 214 Å². The lowest BCUT2D eigenvalue weighted by Gasteiger charge is -2.53. The van der Waals surface area contributed by atoms with E-state index in [9.17, 15) is 48.6 Å². The lowest BCUT2D eigenvalue weighted by atomic mass is 9.81. The maximum atomic E-state index is 14.5. The lowest BCUT2D eigenvalue weighted by molar-refractivity contribution is -0.379. The number of methoxy groups -OCH3 is 1. The Balaban J connectivity index is 1.01. The highest BCUT2D eigenvalue weighted by molar-refractivity contribution is 6.68. The van der Waals surface area contributed by atoms with Gasteiger partial charge in [0.05, 0.1) is 111 Å². The van der Waals surface area contributed by atoms with E-state index in [2.05, 4.69) is 31.3 Å². The zero-order chi connectivity index (χ0) is 98.1. The monoisotopic (exact) mass is 2070 g/mol. The summed E-state index contributed by atoms with van der Waals surface area (Å²) >= 11 is 54.7. The predicted octanol–water partition coefficient (Wildman–Crippen LogP) is 12.9. The Labute approximate surface area is 818 Å². The summed E-state index contributed by atoms with van der Waals surface area (Å²) in [5.41, 5.74) is 8.97. The number of alkyl carbamates (subject to hydrolysis) is 4. The number of amides is 4. The highest BCUT2D eigenvalue weighted by Gasteiger charge is 2.64. The molecule has 4 amide bonds. The fourth-order valence-electron chi connectivity index (χ4n) is 18.1. The molecule has 39 nitrogen and oxygen atoms in total. The minimum Gasteiger partial charge on any atom is -0.465 e. The summed E-state index contributed by atoms with van der Waals surface area (Å²) in [6, 6.07) is 3.56. The van der Waals surface area contributed by atoms with Crippen LogP contribution in [-0.2, 0) is 119 Å². The minimum absolute atomic E-state index is 0.0705. The van der Waals surface area contributed by atoms with E-state index in [1.807, 2.05) is 34.6 Å². The SMILES string of the molecule is CCC1O[C@@H](OC2[C@H](O)C(CO)O[C@@H](O[C@@H]3C(CC)O[C@@H](O[C@@H]4C(CC)O[C@@H](OCCCCCN=[N+]=[N-])[C@@H](NC(=O)OCC(Cl)(Cl)Cl)C4C)[C@@H](NC(=O)OCC(Cl)(Cl)Cl)C3C)[C@@H]2C)[C@@H](O[C@@H]2OC(CC)[C@@H](O[C@@H]3OC(CO[C@]4(C(=O)OC)C[C@H]5OC(=O)N[C@H]5C([C@H](OC(C)=O)[C@@H](CC)OC(C)=O)O4)[C@H](C)C(C)[C@@H]3OC(=O)c3ccccc3)C(C)[C@@H]2NC(=O)OCC(Cl)(Cl)Cl)C(C)[C@H]1C. The standard InChI is InChI=1S/C85H126Cl9N7O32/c1-17-49-38(6)40(8)67(76(120-49)131-65-45(13)71(124-55(33-102)61(65)105)128-62-43(11)58(98-79(109)115-36-84(89,90)91)73(122-51(62)19-3)129-63-42(10)57(97-78(108)114-35-83(86,87)88)72(121-50(63)18-2)113-31-27-23-26-30-96-101-95)132-74-59(99-80(110)116-37-85(92,93)94)44(12)64(52(20-4)123-74)130-75-66(127-70(106)48-28-24-22-25-29-48)41(9)39(7)56(125-75)34-117-82(77(107)112-16)32-54-60(100-81(111)126-54)69(133-82)68(119-47(15)104)53(21-5)118-46(14)103/h22,24-25,28-29,38-45,49-69,71-76,102,105H,17-21,23,26-27,30-37H2,1-16H3,(H,97,108)(H,98,109)(H,99,110)(H,100,111)/t38-,39-,40?,41?,42?,43?,44?,45-,49?,50?,51?,52?,53-,54-,55?,56?,57+,58+,59+,60-,61-,62+,63+,64+,65?,66+,67+,68-,69?,71+,72-,73+,74+,75+,76+,82-/m1/s1. The Kier molecular flexibility index (Phi) is 42.7. The van der Waals surface area contributed by atoms with E-state index in [1.165, 1.54) is 0 Å². The molecule has 48 heteroatoms. The van der Waals surface area contributed by atoms with Crippen LogP contribution < -0.4 is 21.3 Å². The number of halogens is 9. The zero-order valence-corrected chi connectivity index (χ0v) is 83.6. The maximum absolute atomic E-state index is 14.5. The number of esters is 4. The average molecular weight is 2080 g/mol. The average Bonchev–Trinajstić information content (AvgIpc) is 1.70. The van der Waals surface area contributed by atoms with Crippen LogP contribution in [0.4, 0.5) is 19.2 Å². The van der Waals surface area contributed by atoms with E-state index in [0.717, 1.165) is 21.0 Å². The molecule has 0 bridgehead atoms. The van der Waals surface area contributed by atoms with Gasteiger partial charge < -0.3 is 136 Å². The number of alkyl halides is 9. The number of hydrogen-bond acceptors (Lipinski definition) is 33. The van der Waals surface area contributed by atoms with E-state index in [0.29, 0.717) is 32.1 Å². The van der Waals surface area contributed by atoms with Gasteiger partial charge in [0.25, 0.3) is 5.79 Å². The second-order valence-corrected chi connectivity index (χ2v) is 42.3. The first-order chi connectivity index (χ1) is 62.7. The van der Waals surface area contributed by atoms with Gasteiger partial charge in [-0.15, -0.1) is 0 Å². The molecule has 0 aliphatic carbocycles. The molecule has 756 valence electrons. The molecule has 0 radical (unpaired) electrons. The van der Waals surface area contributed by atoms with Gasteiger partial charge in [-0.3, -0.25) is 9.59 Å². The van der Waals surface area contributed by atoms with E-state index < -0.39 is 312 Å². The number of azide groups is 1. The Hall–Kier alpha value is -4.54. The molecule has 36 atom stereocenters. The number of nitrogens with one attached hydrogen (secondary N) is 4. The second-order valence-electron chi connectivity index (χ2n) is 34.7.